The SMILES string of the molecule is Cc1ccc(N(CC(=O)N2CCN(c3cccc(C)c3C)CC2)S(=O)(=O)c2ccc(C)cc2)cc1. The summed E-state index contributed by atoms with van der Waals surface area (Å²) in [6.07, 6.45) is 0. The number of aryl methyl sites for hydroxylation is 3. The highest BCUT2D eigenvalue weighted by Gasteiger charge is 2.30. The minimum Gasteiger partial charge on any atom is -0.368 e. The Morgan fingerprint density at radius 3 is 1.97 bits per heavy atom. The van der Waals surface area contributed by atoms with Crippen molar-refractivity contribution in [1.82, 2.24) is 4.90 Å². The van der Waals surface area contributed by atoms with Gasteiger partial charge < -0.3 is 9.80 Å². The van der Waals surface area contributed by atoms with E-state index in [1.54, 1.807) is 41.3 Å². The third-order valence-electron chi connectivity index (χ3n) is 6.76. The lowest BCUT2D eigenvalue weighted by Crippen LogP contribution is -2.52. The second-order valence-electron chi connectivity index (χ2n) is 9.25. The second-order valence-corrected chi connectivity index (χ2v) is 11.1. The van der Waals surface area contributed by atoms with E-state index in [-0.39, 0.29) is 17.3 Å². The molecule has 0 aliphatic carbocycles. The van der Waals surface area contributed by atoms with E-state index in [9.17, 15) is 13.2 Å². The van der Waals surface area contributed by atoms with Crippen molar-refractivity contribution in [2.45, 2.75) is 32.6 Å². The van der Waals surface area contributed by atoms with E-state index in [1.807, 2.05) is 26.0 Å². The zero-order chi connectivity index (χ0) is 25.2. The Balaban J connectivity index is 1.53. The molecule has 7 heteroatoms. The third-order valence-corrected chi connectivity index (χ3v) is 8.55. The monoisotopic (exact) mass is 491 g/mol. The summed E-state index contributed by atoms with van der Waals surface area (Å²) < 4.78 is 28.4. The zero-order valence-electron chi connectivity index (χ0n) is 20.9. The van der Waals surface area contributed by atoms with Crippen LogP contribution < -0.4 is 9.21 Å². The summed E-state index contributed by atoms with van der Waals surface area (Å²) in [5, 5.41) is 0. The molecule has 1 amide bonds. The summed E-state index contributed by atoms with van der Waals surface area (Å²) in [4.78, 5) is 17.6. The number of rotatable bonds is 6. The van der Waals surface area contributed by atoms with Crippen molar-refractivity contribution in [3.05, 3.63) is 89.0 Å². The maximum Gasteiger partial charge on any atom is 0.264 e. The smallest absolute Gasteiger partial charge is 0.264 e. The van der Waals surface area contributed by atoms with E-state index < -0.39 is 10.0 Å². The van der Waals surface area contributed by atoms with Crippen LogP contribution in [0.25, 0.3) is 0 Å². The van der Waals surface area contributed by atoms with Gasteiger partial charge in [0.1, 0.15) is 6.54 Å². The molecule has 0 N–H and O–H groups in total. The van der Waals surface area contributed by atoms with Crippen molar-refractivity contribution in [1.29, 1.82) is 0 Å². The Hall–Kier alpha value is -3.32. The van der Waals surface area contributed by atoms with Crippen molar-refractivity contribution < 1.29 is 13.2 Å². The van der Waals surface area contributed by atoms with Crippen LogP contribution in [0.15, 0.2) is 71.6 Å². The maximum atomic E-state index is 13.6. The molecular formula is C28H33N3O3S. The van der Waals surface area contributed by atoms with Crippen LogP contribution in [0.3, 0.4) is 0 Å². The first kappa shape index (κ1) is 24.8. The van der Waals surface area contributed by atoms with Crippen LogP contribution in [-0.4, -0.2) is 51.9 Å². The lowest BCUT2D eigenvalue weighted by atomic mass is 10.1. The van der Waals surface area contributed by atoms with Crippen LogP contribution in [0.2, 0.25) is 0 Å². The molecule has 0 radical (unpaired) electrons. The van der Waals surface area contributed by atoms with E-state index in [1.165, 1.54) is 21.1 Å². The fourth-order valence-electron chi connectivity index (χ4n) is 4.36. The first-order valence-electron chi connectivity index (χ1n) is 11.9. The average molecular weight is 492 g/mol. The fourth-order valence-corrected chi connectivity index (χ4v) is 5.78. The minimum absolute atomic E-state index is 0.177. The number of sulfonamides is 1. The number of anilines is 2. The Bertz CT molecular complexity index is 1290. The predicted molar refractivity (Wildman–Crippen MR) is 142 cm³/mol. The van der Waals surface area contributed by atoms with Gasteiger partial charge in [0, 0.05) is 31.9 Å². The number of benzene rings is 3. The molecule has 0 bridgehead atoms. The highest BCUT2D eigenvalue weighted by atomic mass is 32.2. The Morgan fingerprint density at radius 2 is 1.37 bits per heavy atom. The van der Waals surface area contributed by atoms with Crippen molar-refractivity contribution in [3.8, 4) is 0 Å². The van der Waals surface area contributed by atoms with Crippen LogP contribution in [0, 0.1) is 27.7 Å². The van der Waals surface area contributed by atoms with E-state index in [4.69, 9.17) is 0 Å². The van der Waals surface area contributed by atoms with Crippen LogP contribution in [0.4, 0.5) is 11.4 Å². The first-order chi connectivity index (χ1) is 16.7. The molecule has 1 fully saturated rings. The summed E-state index contributed by atoms with van der Waals surface area (Å²) in [6, 6.07) is 20.3. The number of piperazine rings is 1. The largest absolute Gasteiger partial charge is 0.368 e. The predicted octanol–water partition coefficient (Wildman–Crippen LogP) is 4.46. The van der Waals surface area contributed by atoms with Gasteiger partial charge in [0.15, 0.2) is 0 Å². The number of hydrogen-bond donors (Lipinski definition) is 0. The molecule has 3 aromatic carbocycles. The molecule has 1 heterocycles. The van der Waals surface area contributed by atoms with Gasteiger partial charge in [-0.25, -0.2) is 8.42 Å². The second kappa shape index (κ2) is 10.1. The van der Waals surface area contributed by atoms with Gasteiger partial charge in [-0.1, -0.05) is 47.5 Å². The van der Waals surface area contributed by atoms with Gasteiger partial charge in [-0.05, 0) is 69.2 Å². The molecule has 1 aliphatic heterocycles. The number of carbonyl (C=O) groups is 1. The number of hydrogen-bond acceptors (Lipinski definition) is 4. The Labute approximate surface area is 208 Å². The topological polar surface area (TPSA) is 60.9 Å². The number of amides is 1. The summed E-state index contributed by atoms with van der Waals surface area (Å²) in [7, 11) is -3.91. The molecule has 1 aliphatic rings. The van der Waals surface area contributed by atoms with Crippen LogP contribution in [-0.2, 0) is 14.8 Å². The van der Waals surface area contributed by atoms with Crippen molar-refractivity contribution in [3.63, 3.8) is 0 Å². The molecule has 1 saturated heterocycles. The molecule has 0 saturated carbocycles. The molecule has 0 atom stereocenters. The summed E-state index contributed by atoms with van der Waals surface area (Å²) in [5.74, 6) is -0.193. The summed E-state index contributed by atoms with van der Waals surface area (Å²) in [6.45, 7) is 10.4. The highest BCUT2D eigenvalue weighted by molar-refractivity contribution is 7.92. The van der Waals surface area contributed by atoms with E-state index in [2.05, 4.69) is 36.9 Å². The number of carbonyl (C=O) groups excluding carboxylic acids is 1. The molecule has 3 aromatic rings. The van der Waals surface area contributed by atoms with E-state index in [0.717, 1.165) is 11.1 Å². The quantitative estimate of drug-likeness (QED) is 0.511. The first-order valence-corrected chi connectivity index (χ1v) is 13.4. The van der Waals surface area contributed by atoms with Crippen LogP contribution in [0.1, 0.15) is 22.3 Å². The Morgan fingerprint density at radius 1 is 0.800 bits per heavy atom. The molecule has 6 nitrogen and oxygen atoms in total. The van der Waals surface area contributed by atoms with Gasteiger partial charge in [-0.3, -0.25) is 9.10 Å². The average Bonchev–Trinajstić information content (AvgIpc) is 2.85. The van der Waals surface area contributed by atoms with Gasteiger partial charge in [0.05, 0.1) is 10.6 Å². The van der Waals surface area contributed by atoms with Crippen molar-refractivity contribution in [2.75, 3.05) is 41.9 Å². The van der Waals surface area contributed by atoms with Crippen molar-refractivity contribution >= 4 is 27.3 Å². The molecule has 4 rings (SSSR count). The fraction of sp³-hybridized carbons (Fsp3) is 0.321. The van der Waals surface area contributed by atoms with Gasteiger partial charge in [0.2, 0.25) is 5.91 Å². The van der Waals surface area contributed by atoms with Crippen molar-refractivity contribution in [2.24, 2.45) is 0 Å². The molecule has 184 valence electrons. The zero-order valence-corrected chi connectivity index (χ0v) is 21.7. The maximum absolute atomic E-state index is 13.6. The van der Waals surface area contributed by atoms with E-state index in [0.29, 0.717) is 31.9 Å². The van der Waals surface area contributed by atoms with Gasteiger partial charge in [-0.15, -0.1) is 0 Å². The van der Waals surface area contributed by atoms with E-state index >= 15 is 0 Å². The number of nitrogens with zero attached hydrogens (tertiary/aromatic N) is 3. The van der Waals surface area contributed by atoms with Gasteiger partial charge >= 0.3 is 0 Å². The third kappa shape index (κ3) is 5.35. The lowest BCUT2D eigenvalue weighted by Gasteiger charge is -2.38. The van der Waals surface area contributed by atoms with Gasteiger partial charge in [0.25, 0.3) is 10.0 Å². The van der Waals surface area contributed by atoms with Gasteiger partial charge in [-0.2, -0.15) is 0 Å². The normalized spacial score (nSPS) is 14.2. The van der Waals surface area contributed by atoms with Crippen LogP contribution in [0.5, 0.6) is 0 Å². The Kier molecular flexibility index (Phi) is 7.17. The molecule has 0 spiro atoms. The molecular weight excluding hydrogens is 458 g/mol. The van der Waals surface area contributed by atoms with Crippen LogP contribution >= 0.6 is 0 Å². The standard InChI is InChI=1S/C28H33N3O3S/c1-21-8-12-25(13-9-21)31(35(33,34)26-14-10-22(2)11-15-26)20-28(32)30-18-16-29(17-19-30)27-7-5-6-23(3)24(27)4/h5-15H,16-20H2,1-4H3. The minimum atomic E-state index is -3.91. The highest BCUT2D eigenvalue weighted by Crippen LogP contribution is 2.26. The summed E-state index contributed by atoms with van der Waals surface area (Å²) >= 11 is 0. The molecule has 0 unspecified atom stereocenters. The summed E-state index contributed by atoms with van der Waals surface area (Å²) in [5.41, 5.74) is 6.18. The molecule has 0 aromatic heterocycles. The molecule has 35 heavy (non-hydrogen) atoms. The lowest BCUT2D eigenvalue weighted by molar-refractivity contribution is -0.129.